The van der Waals surface area contributed by atoms with E-state index in [-0.39, 0.29) is 31.1 Å². The number of methoxy groups -OCH3 is 1. The molecule has 3 rings (SSSR count). The molecule has 1 saturated heterocycles. The summed E-state index contributed by atoms with van der Waals surface area (Å²) in [5.74, 6) is 0.554. The number of rotatable bonds is 10. The average molecular weight is 455 g/mol. The van der Waals surface area contributed by atoms with Crippen LogP contribution in [0.2, 0.25) is 0 Å². The number of carbonyl (C=O) groups excluding carboxylic acids is 3. The topological polar surface area (TPSA) is 85.4 Å². The summed E-state index contributed by atoms with van der Waals surface area (Å²) in [4.78, 5) is 40.6. The van der Waals surface area contributed by atoms with E-state index in [1.165, 1.54) is 0 Å². The highest BCUT2D eigenvalue weighted by molar-refractivity contribution is 5.97. The first-order valence-corrected chi connectivity index (χ1v) is 11.1. The van der Waals surface area contributed by atoms with E-state index in [1.54, 1.807) is 36.3 Å². The lowest BCUT2D eigenvalue weighted by molar-refractivity contribution is -0.152. The number of amides is 1. The fraction of sp³-hybridized carbons (Fsp3) is 0.400. The molecule has 1 fully saturated rings. The molecule has 2 aromatic rings. The zero-order valence-electron chi connectivity index (χ0n) is 19.1. The van der Waals surface area contributed by atoms with Crippen molar-refractivity contribution in [1.82, 2.24) is 4.90 Å². The summed E-state index contributed by atoms with van der Waals surface area (Å²) in [5.41, 5.74) is 1.59. The van der Waals surface area contributed by atoms with Crippen LogP contribution in [0.5, 0.6) is 11.5 Å². The number of anilines is 1. The molecule has 0 unspecified atom stereocenters. The monoisotopic (exact) mass is 454 g/mol. The van der Waals surface area contributed by atoms with E-state index in [4.69, 9.17) is 14.2 Å². The first-order chi connectivity index (χ1) is 16.0. The van der Waals surface area contributed by atoms with E-state index < -0.39 is 5.97 Å². The number of hydrogen-bond donors (Lipinski definition) is 0. The summed E-state index contributed by atoms with van der Waals surface area (Å²) in [6.07, 6.45) is -0.0356. The molecule has 0 saturated carbocycles. The second kappa shape index (κ2) is 11.9. The molecule has 2 aromatic carbocycles. The molecule has 1 aliphatic heterocycles. The van der Waals surface area contributed by atoms with E-state index in [0.29, 0.717) is 44.1 Å². The molecule has 0 bridgehead atoms. The molecule has 1 aliphatic rings. The van der Waals surface area contributed by atoms with Crippen LogP contribution in [0.3, 0.4) is 0 Å². The highest BCUT2D eigenvalue weighted by Gasteiger charge is 2.22. The standard InChI is InChI=1S/C25H30N2O6/c1-3-32-22-8-4-19(5-9-22)23(28)12-13-25(30)33-18-24(29)27-16-14-26(15-17-27)20-6-10-21(31-2)11-7-20/h4-11H,3,12-18H2,1-2H3. The van der Waals surface area contributed by atoms with Crippen LogP contribution in [0.15, 0.2) is 48.5 Å². The lowest BCUT2D eigenvalue weighted by atomic mass is 10.1. The Morgan fingerprint density at radius 1 is 0.848 bits per heavy atom. The van der Waals surface area contributed by atoms with Gasteiger partial charge in [-0.15, -0.1) is 0 Å². The maximum atomic E-state index is 12.4. The van der Waals surface area contributed by atoms with Crippen LogP contribution >= 0.6 is 0 Å². The molecule has 0 atom stereocenters. The van der Waals surface area contributed by atoms with Crippen molar-refractivity contribution in [2.45, 2.75) is 19.8 Å². The van der Waals surface area contributed by atoms with Crippen LogP contribution in [-0.4, -0.2) is 69.1 Å². The molecule has 0 aliphatic carbocycles. The lowest BCUT2D eigenvalue weighted by Gasteiger charge is -2.36. The van der Waals surface area contributed by atoms with Gasteiger partial charge in [-0.05, 0) is 55.5 Å². The number of ketones is 1. The lowest BCUT2D eigenvalue weighted by Crippen LogP contribution is -2.49. The minimum absolute atomic E-state index is 0.0293. The quantitative estimate of drug-likeness (QED) is 0.403. The second-order valence-corrected chi connectivity index (χ2v) is 7.61. The number of hydrogen-bond acceptors (Lipinski definition) is 7. The minimum atomic E-state index is -0.556. The Kier molecular flexibility index (Phi) is 8.69. The van der Waals surface area contributed by atoms with Crippen LogP contribution in [-0.2, 0) is 14.3 Å². The molecule has 1 amide bonds. The summed E-state index contributed by atoms with van der Waals surface area (Å²) in [5, 5.41) is 0. The molecule has 8 nitrogen and oxygen atoms in total. The predicted octanol–water partition coefficient (Wildman–Crippen LogP) is 2.95. The molecule has 0 aromatic heterocycles. The molecule has 8 heteroatoms. The SMILES string of the molecule is CCOc1ccc(C(=O)CCC(=O)OCC(=O)N2CCN(c3ccc(OC)cc3)CC2)cc1. The van der Waals surface area contributed by atoms with Gasteiger partial charge in [0, 0.05) is 43.9 Å². The van der Waals surface area contributed by atoms with E-state index in [0.717, 1.165) is 11.4 Å². The van der Waals surface area contributed by atoms with Gasteiger partial charge in [0.15, 0.2) is 12.4 Å². The Hall–Kier alpha value is -3.55. The fourth-order valence-electron chi connectivity index (χ4n) is 3.58. The Morgan fingerprint density at radius 2 is 1.48 bits per heavy atom. The normalized spacial score (nSPS) is 13.4. The van der Waals surface area contributed by atoms with E-state index in [2.05, 4.69) is 4.90 Å². The molecule has 0 radical (unpaired) electrons. The van der Waals surface area contributed by atoms with Crippen LogP contribution < -0.4 is 14.4 Å². The van der Waals surface area contributed by atoms with E-state index in [9.17, 15) is 14.4 Å². The van der Waals surface area contributed by atoms with Gasteiger partial charge in [0.25, 0.3) is 5.91 Å². The third-order valence-electron chi connectivity index (χ3n) is 5.47. The molecule has 33 heavy (non-hydrogen) atoms. The van der Waals surface area contributed by atoms with Gasteiger partial charge >= 0.3 is 5.97 Å². The van der Waals surface area contributed by atoms with Crippen molar-refractivity contribution in [3.8, 4) is 11.5 Å². The number of benzene rings is 2. The highest BCUT2D eigenvalue weighted by atomic mass is 16.5. The highest BCUT2D eigenvalue weighted by Crippen LogP contribution is 2.20. The van der Waals surface area contributed by atoms with Gasteiger partial charge in [-0.3, -0.25) is 14.4 Å². The summed E-state index contributed by atoms with van der Waals surface area (Å²) < 4.78 is 15.6. The van der Waals surface area contributed by atoms with Crippen LogP contribution in [0, 0.1) is 0 Å². The maximum Gasteiger partial charge on any atom is 0.306 e. The molecule has 1 heterocycles. The number of Topliss-reactive ketones (excluding diaryl/α,β-unsaturated/α-hetero) is 1. The zero-order valence-corrected chi connectivity index (χ0v) is 19.1. The molecule has 0 spiro atoms. The van der Waals surface area contributed by atoms with Crippen molar-refractivity contribution in [3.05, 3.63) is 54.1 Å². The zero-order chi connectivity index (χ0) is 23.6. The number of piperazine rings is 1. The Balaban J connectivity index is 1.36. The Labute approximate surface area is 194 Å². The van der Waals surface area contributed by atoms with Crippen molar-refractivity contribution in [2.24, 2.45) is 0 Å². The number of carbonyl (C=O) groups is 3. The van der Waals surface area contributed by atoms with Crippen LogP contribution in [0.1, 0.15) is 30.1 Å². The minimum Gasteiger partial charge on any atom is -0.497 e. The van der Waals surface area contributed by atoms with Gasteiger partial charge < -0.3 is 24.0 Å². The van der Waals surface area contributed by atoms with Gasteiger partial charge in [-0.25, -0.2) is 0 Å². The van der Waals surface area contributed by atoms with Crippen molar-refractivity contribution in [1.29, 1.82) is 0 Å². The van der Waals surface area contributed by atoms with Gasteiger partial charge in [-0.1, -0.05) is 0 Å². The van der Waals surface area contributed by atoms with Crippen molar-refractivity contribution in [3.63, 3.8) is 0 Å². The first kappa shape index (κ1) is 24.1. The van der Waals surface area contributed by atoms with E-state index in [1.807, 2.05) is 31.2 Å². The van der Waals surface area contributed by atoms with Gasteiger partial charge in [0.05, 0.1) is 20.1 Å². The molecular formula is C25H30N2O6. The predicted molar refractivity (Wildman–Crippen MR) is 124 cm³/mol. The van der Waals surface area contributed by atoms with Crippen molar-refractivity contribution in [2.75, 3.05) is 51.4 Å². The summed E-state index contributed by atoms with van der Waals surface area (Å²) in [7, 11) is 1.63. The van der Waals surface area contributed by atoms with Gasteiger partial charge in [0.1, 0.15) is 11.5 Å². The molecular weight excluding hydrogens is 424 g/mol. The largest absolute Gasteiger partial charge is 0.497 e. The van der Waals surface area contributed by atoms with Crippen molar-refractivity contribution >= 4 is 23.3 Å². The average Bonchev–Trinajstić information content (AvgIpc) is 2.86. The van der Waals surface area contributed by atoms with Crippen LogP contribution in [0.25, 0.3) is 0 Å². The number of nitrogens with zero attached hydrogens (tertiary/aromatic N) is 2. The third kappa shape index (κ3) is 6.97. The molecule has 0 N–H and O–H groups in total. The van der Waals surface area contributed by atoms with Gasteiger partial charge in [-0.2, -0.15) is 0 Å². The third-order valence-corrected chi connectivity index (χ3v) is 5.47. The second-order valence-electron chi connectivity index (χ2n) is 7.61. The summed E-state index contributed by atoms with van der Waals surface area (Å²) in [6, 6.07) is 14.6. The smallest absolute Gasteiger partial charge is 0.306 e. The van der Waals surface area contributed by atoms with Gasteiger partial charge in [0.2, 0.25) is 0 Å². The van der Waals surface area contributed by atoms with E-state index >= 15 is 0 Å². The summed E-state index contributed by atoms with van der Waals surface area (Å²) >= 11 is 0. The Bertz CT molecular complexity index is 934. The number of esters is 1. The maximum absolute atomic E-state index is 12.4. The molecule has 176 valence electrons. The fourth-order valence-corrected chi connectivity index (χ4v) is 3.58. The first-order valence-electron chi connectivity index (χ1n) is 11.1. The number of ether oxygens (including phenoxy) is 3. The van der Waals surface area contributed by atoms with Crippen LogP contribution in [0.4, 0.5) is 5.69 Å². The van der Waals surface area contributed by atoms with Crippen molar-refractivity contribution < 1.29 is 28.6 Å². The summed E-state index contributed by atoms with van der Waals surface area (Å²) in [6.45, 7) is 4.63. The Morgan fingerprint density at radius 3 is 2.09 bits per heavy atom.